The summed E-state index contributed by atoms with van der Waals surface area (Å²) in [6.45, 7) is 6.09. The summed E-state index contributed by atoms with van der Waals surface area (Å²) >= 11 is 3.30. The molecule has 1 aliphatic rings. The maximum atomic E-state index is 13.4. The Hall–Kier alpha value is -0.490. The van der Waals surface area contributed by atoms with Gasteiger partial charge in [-0.05, 0) is 37.6 Å². The van der Waals surface area contributed by atoms with Crippen LogP contribution in [0.25, 0.3) is 0 Å². The summed E-state index contributed by atoms with van der Waals surface area (Å²) in [6, 6.07) is 4.91. The third-order valence-electron chi connectivity index (χ3n) is 3.08. The van der Waals surface area contributed by atoms with Crippen LogP contribution in [0.15, 0.2) is 22.7 Å². The molecule has 1 unspecified atom stereocenters. The van der Waals surface area contributed by atoms with Gasteiger partial charge in [-0.1, -0.05) is 15.9 Å². The highest BCUT2D eigenvalue weighted by molar-refractivity contribution is 9.10. The molecule has 5 heteroatoms. The fourth-order valence-corrected chi connectivity index (χ4v) is 3.11. The van der Waals surface area contributed by atoms with Crippen LogP contribution in [0, 0.1) is 5.82 Å². The molecule has 1 N–H and O–H groups in total. The molecule has 19 heavy (non-hydrogen) atoms. The van der Waals surface area contributed by atoms with Crippen LogP contribution in [0.5, 0.6) is 0 Å². The Morgan fingerprint density at radius 2 is 2.21 bits per heavy atom. The van der Waals surface area contributed by atoms with Crippen molar-refractivity contribution in [3.05, 3.63) is 34.1 Å². The van der Waals surface area contributed by atoms with E-state index in [2.05, 4.69) is 20.8 Å². The average molecular weight is 332 g/mol. The summed E-state index contributed by atoms with van der Waals surface area (Å²) in [4.78, 5) is 2.19. The molecule has 1 atom stereocenters. The summed E-state index contributed by atoms with van der Waals surface area (Å²) in [7, 11) is 0. The molecule has 0 spiro atoms. The van der Waals surface area contributed by atoms with Gasteiger partial charge in [0.05, 0.1) is 18.3 Å². The molecular formula is C14H19BrFNO2. The van der Waals surface area contributed by atoms with Crippen molar-refractivity contribution < 1.29 is 14.2 Å². The van der Waals surface area contributed by atoms with Crippen molar-refractivity contribution in [1.82, 2.24) is 4.90 Å². The molecule has 2 rings (SSSR count). The second kappa shape index (κ2) is 5.87. The Kier molecular flexibility index (Phi) is 4.61. The molecule has 106 valence electrons. The van der Waals surface area contributed by atoms with Crippen molar-refractivity contribution >= 4 is 15.9 Å². The maximum absolute atomic E-state index is 13.4. The lowest BCUT2D eigenvalue weighted by atomic mass is 10.0. The number of aliphatic hydroxyl groups excluding tert-OH is 1. The molecule has 0 bridgehead atoms. The number of halogens is 2. The van der Waals surface area contributed by atoms with E-state index in [9.17, 15) is 9.50 Å². The van der Waals surface area contributed by atoms with Gasteiger partial charge in [0.15, 0.2) is 0 Å². The van der Waals surface area contributed by atoms with Crippen LogP contribution in [0.1, 0.15) is 19.4 Å². The normalized spacial score (nSPS) is 23.5. The van der Waals surface area contributed by atoms with E-state index in [1.54, 1.807) is 6.07 Å². The van der Waals surface area contributed by atoms with Crippen LogP contribution in [-0.2, 0) is 11.3 Å². The molecule has 3 nitrogen and oxygen atoms in total. The van der Waals surface area contributed by atoms with Crippen LogP contribution < -0.4 is 0 Å². The number of nitrogens with zero attached hydrogens (tertiary/aromatic N) is 1. The Morgan fingerprint density at radius 3 is 2.84 bits per heavy atom. The zero-order valence-corrected chi connectivity index (χ0v) is 12.8. The Balaban J connectivity index is 2.09. The SMILES string of the molecule is CC1(C)CN(Cc2cc(F)cc(Br)c2)CC(CO)O1. The van der Waals surface area contributed by atoms with Gasteiger partial charge in [0.25, 0.3) is 0 Å². The molecule has 0 aliphatic carbocycles. The van der Waals surface area contributed by atoms with Crippen LogP contribution in [0.3, 0.4) is 0 Å². The Morgan fingerprint density at radius 1 is 1.47 bits per heavy atom. The zero-order valence-electron chi connectivity index (χ0n) is 11.2. The molecule has 0 amide bonds. The highest BCUT2D eigenvalue weighted by atomic mass is 79.9. The van der Waals surface area contributed by atoms with Crippen molar-refractivity contribution in [3.63, 3.8) is 0 Å². The van der Waals surface area contributed by atoms with Crippen molar-refractivity contribution in [2.24, 2.45) is 0 Å². The smallest absolute Gasteiger partial charge is 0.124 e. The second-order valence-corrected chi connectivity index (χ2v) is 6.55. The lowest BCUT2D eigenvalue weighted by molar-refractivity contribution is -0.150. The monoisotopic (exact) mass is 331 g/mol. The lowest BCUT2D eigenvalue weighted by Crippen LogP contribution is -2.53. The minimum absolute atomic E-state index is 0.00672. The van der Waals surface area contributed by atoms with Crippen LogP contribution in [0.2, 0.25) is 0 Å². The summed E-state index contributed by atoms with van der Waals surface area (Å²) in [5.41, 5.74) is 0.622. The van der Waals surface area contributed by atoms with Crippen molar-refractivity contribution in [2.75, 3.05) is 19.7 Å². The number of hydrogen-bond acceptors (Lipinski definition) is 3. The van der Waals surface area contributed by atoms with Gasteiger partial charge in [0.2, 0.25) is 0 Å². The maximum Gasteiger partial charge on any atom is 0.124 e. The summed E-state index contributed by atoms with van der Waals surface area (Å²) in [5.74, 6) is -0.240. The van der Waals surface area contributed by atoms with Crippen molar-refractivity contribution in [2.45, 2.75) is 32.1 Å². The first-order valence-electron chi connectivity index (χ1n) is 6.34. The van der Waals surface area contributed by atoms with Gasteiger partial charge in [-0.25, -0.2) is 4.39 Å². The van der Waals surface area contributed by atoms with Gasteiger partial charge in [-0.15, -0.1) is 0 Å². The average Bonchev–Trinajstić information content (AvgIpc) is 2.25. The molecule has 1 aliphatic heterocycles. The van der Waals surface area contributed by atoms with Gasteiger partial charge >= 0.3 is 0 Å². The predicted molar refractivity (Wildman–Crippen MR) is 75.4 cm³/mol. The summed E-state index contributed by atoms with van der Waals surface area (Å²) in [6.07, 6.45) is -0.180. The van der Waals surface area contributed by atoms with E-state index in [0.29, 0.717) is 13.1 Å². The topological polar surface area (TPSA) is 32.7 Å². The first-order valence-corrected chi connectivity index (χ1v) is 7.13. The third kappa shape index (κ3) is 4.24. The fraction of sp³-hybridized carbons (Fsp3) is 0.571. The molecule has 1 saturated heterocycles. The lowest BCUT2D eigenvalue weighted by Gasteiger charge is -2.42. The number of morpholine rings is 1. The number of benzene rings is 1. The summed E-state index contributed by atoms with van der Waals surface area (Å²) in [5, 5.41) is 9.28. The zero-order chi connectivity index (χ0) is 14.0. The molecule has 1 aromatic carbocycles. The Labute approximate surface area is 121 Å². The van der Waals surface area contributed by atoms with E-state index < -0.39 is 0 Å². The molecule has 1 fully saturated rings. The highest BCUT2D eigenvalue weighted by Gasteiger charge is 2.32. The van der Waals surface area contributed by atoms with E-state index in [-0.39, 0.29) is 24.1 Å². The third-order valence-corrected chi connectivity index (χ3v) is 3.54. The van der Waals surface area contributed by atoms with E-state index >= 15 is 0 Å². The van der Waals surface area contributed by atoms with E-state index in [0.717, 1.165) is 16.6 Å². The number of ether oxygens (including phenoxy) is 1. The molecule has 1 aromatic rings. The molecule has 0 radical (unpaired) electrons. The van der Waals surface area contributed by atoms with Gasteiger partial charge in [-0.3, -0.25) is 4.90 Å². The minimum atomic E-state index is -0.295. The fourth-order valence-electron chi connectivity index (χ4n) is 2.59. The standard InChI is InChI=1S/C14H19BrFNO2/c1-14(2)9-17(7-13(8-18)19-14)6-10-3-11(15)5-12(16)4-10/h3-5,13,18H,6-9H2,1-2H3. The predicted octanol–water partition coefficient (Wildman–Crippen LogP) is 2.56. The summed E-state index contributed by atoms with van der Waals surface area (Å²) < 4.78 is 19.9. The van der Waals surface area contributed by atoms with Crippen LogP contribution in [0.4, 0.5) is 4.39 Å². The highest BCUT2D eigenvalue weighted by Crippen LogP contribution is 2.23. The van der Waals surface area contributed by atoms with Crippen LogP contribution in [-0.4, -0.2) is 41.4 Å². The van der Waals surface area contributed by atoms with Gasteiger partial charge in [0, 0.05) is 24.1 Å². The number of hydrogen-bond donors (Lipinski definition) is 1. The van der Waals surface area contributed by atoms with Crippen LogP contribution >= 0.6 is 15.9 Å². The second-order valence-electron chi connectivity index (χ2n) is 5.63. The van der Waals surface area contributed by atoms with Gasteiger partial charge < -0.3 is 9.84 Å². The van der Waals surface area contributed by atoms with E-state index in [4.69, 9.17) is 4.74 Å². The van der Waals surface area contributed by atoms with Crippen molar-refractivity contribution in [3.8, 4) is 0 Å². The Bertz CT molecular complexity index is 433. The van der Waals surface area contributed by atoms with Gasteiger partial charge in [-0.2, -0.15) is 0 Å². The minimum Gasteiger partial charge on any atom is -0.394 e. The largest absolute Gasteiger partial charge is 0.394 e. The number of aliphatic hydroxyl groups is 1. The first-order chi connectivity index (χ1) is 8.88. The first kappa shape index (κ1) is 14.9. The quantitative estimate of drug-likeness (QED) is 0.923. The molecule has 0 saturated carbocycles. The van der Waals surface area contributed by atoms with E-state index in [1.807, 2.05) is 19.9 Å². The molecule has 1 heterocycles. The van der Waals surface area contributed by atoms with Crippen molar-refractivity contribution in [1.29, 1.82) is 0 Å². The number of rotatable bonds is 3. The van der Waals surface area contributed by atoms with E-state index in [1.165, 1.54) is 6.07 Å². The molecular weight excluding hydrogens is 313 g/mol. The molecule has 0 aromatic heterocycles. The van der Waals surface area contributed by atoms with Gasteiger partial charge in [0.1, 0.15) is 5.82 Å².